The number of methoxy groups -OCH3 is 2. The molecule has 8 heteroatoms. The molecule has 1 aromatic heterocycles. The van der Waals surface area contributed by atoms with Crippen LogP contribution in [0.5, 0.6) is 11.5 Å². The molecule has 3 aromatic rings. The van der Waals surface area contributed by atoms with Crippen LogP contribution in [0.4, 0.5) is 0 Å². The molecule has 40 heavy (non-hydrogen) atoms. The molecule has 1 aliphatic carbocycles. The number of carbonyl (C=O) groups is 3. The van der Waals surface area contributed by atoms with E-state index in [0.29, 0.717) is 69.7 Å². The van der Waals surface area contributed by atoms with Gasteiger partial charge in [-0.3, -0.25) is 19.4 Å². The highest BCUT2D eigenvalue weighted by Crippen LogP contribution is 2.47. The topological polar surface area (TPSA) is 107 Å². The van der Waals surface area contributed by atoms with E-state index in [1.807, 2.05) is 31.2 Å². The van der Waals surface area contributed by atoms with Crippen molar-refractivity contribution in [2.24, 2.45) is 10.9 Å². The van der Waals surface area contributed by atoms with Gasteiger partial charge in [-0.1, -0.05) is 30.3 Å². The molecule has 1 fully saturated rings. The molecular formula is C32H30N2O6. The number of hydrogen-bond donors (Lipinski definition) is 1. The maximum Gasteiger partial charge on any atom is 0.249 e. The molecule has 0 radical (unpaired) electrons. The average Bonchev–Trinajstić information content (AvgIpc) is 3.55. The number of fused-ring (bicyclic) bond motifs is 1. The van der Waals surface area contributed by atoms with Crippen molar-refractivity contribution in [2.45, 2.75) is 26.2 Å². The number of aliphatic imine (C=N–C) groups is 1. The summed E-state index contributed by atoms with van der Waals surface area (Å²) in [5.41, 5.74) is 4.25. The third-order valence-electron chi connectivity index (χ3n) is 7.32. The first-order valence-corrected chi connectivity index (χ1v) is 13.1. The minimum Gasteiger partial charge on any atom is -0.493 e. The van der Waals surface area contributed by atoms with Crippen LogP contribution >= 0.6 is 0 Å². The highest BCUT2D eigenvalue weighted by Gasteiger charge is 2.47. The average molecular weight is 539 g/mol. The number of aldehydes is 1. The quantitative estimate of drug-likeness (QED) is 0.304. The van der Waals surface area contributed by atoms with Crippen molar-refractivity contribution in [1.29, 1.82) is 0 Å². The highest BCUT2D eigenvalue weighted by molar-refractivity contribution is 6.24. The Kier molecular flexibility index (Phi) is 7.51. The van der Waals surface area contributed by atoms with E-state index < -0.39 is 11.8 Å². The Morgan fingerprint density at radius 3 is 2.58 bits per heavy atom. The second-order valence-corrected chi connectivity index (χ2v) is 9.65. The number of amides is 1. The number of rotatable bonds is 8. The number of furan rings is 1. The van der Waals surface area contributed by atoms with Crippen molar-refractivity contribution in [3.63, 3.8) is 0 Å². The summed E-state index contributed by atoms with van der Waals surface area (Å²) in [7, 11) is 3.11. The van der Waals surface area contributed by atoms with Crippen LogP contribution in [-0.2, 0) is 9.59 Å². The molecule has 0 bridgehead atoms. The van der Waals surface area contributed by atoms with E-state index in [1.54, 1.807) is 57.6 Å². The van der Waals surface area contributed by atoms with E-state index in [1.165, 1.54) is 0 Å². The largest absolute Gasteiger partial charge is 0.493 e. The number of ketones is 1. The summed E-state index contributed by atoms with van der Waals surface area (Å²) >= 11 is 0. The van der Waals surface area contributed by atoms with Gasteiger partial charge in [-0.05, 0) is 49.8 Å². The lowest BCUT2D eigenvalue weighted by molar-refractivity contribution is -0.118. The van der Waals surface area contributed by atoms with Gasteiger partial charge >= 0.3 is 0 Å². The third kappa shape index (κ3) is 4.77. The Hall–Kier alpha value is -4.72. The molecule has 0 spiro atoms. The van der Waals surface area contributed by atoms with E-state index >= 15 is 0 Å². The Labute approximate surface area is 232 Å². The van der Waals surface area contributed by atoms with Crippen molar-refractivity contribution >= 4 is 29.8 Å². The lowest BCUT2D eigenvalue weighted by Crippen LogP contribution is -2.36. The molecule has 1 saturated carbocycles. The molecule has 2 aromatic carbocycles. The predicted molar refractivity (Wildman–Crippen MR) is 152 cm³/mol. The Bertz CT molecular complexity index is 1590. The Morgan fingerprint density at radius 2 is 1.85 bits per heavy atom. The molecule has 2 aliphatic rings. The van der Waals surface area contributed by atoms with Crippen molar-refractivity contribution in [2.75, 3.05) is 20.8 Å². The van der Waals surface area contributed by atoms with Gasteiger partial charge in [0.15, 0.2) is 23.6 Å². The maximum atomic E-state index is 14.0. The highest BCUT2D eigenvalue weighted by atomic mass is 16.5. The van der Waals surface area contributed by atoms with Crippen LogP contribution < -0.4 is 14.8 Å². The Morgan fingerprint density at radius 1 is 1.07 bits per heavy atom. The maximum absolute atomic E-state index is 14.0. The zero-order chi connectivity index (χ0) is 28.4. The van der Waals surface area contributed by atoms with Crippen LogP contribution in [0.25, 0.3) is 17.4 Å². The number of hydrogen-bond acceptors (Lipinski definition) is 7. The van der Waals surface area contributed by atoms with E-state index in [2.05, 4.69) is 5.32 Å². The van der Waals surface area contributed by atoms with Crippen molar-refractivity contribution in [3.05, 3.63) is 88.3 Å². The summed E-state index contributed by atoms with van der Waals surface area (Å²) in [6, 6.07) is 16.2. The van der Waals surface area contributed by atoms with Crippen molar-refractivity contribution < 1.29 is 28.3 Å². The molecule has 2 heterocycles. The minimum absolute atomic E-state index is 0.112. The van der Waals surface area contributed by atoms with Crippen molar-refractivity contribution in [1.82, 2.24) is 5.32 Å². The van der Waals surface area contributed by atoms with Crippen LogP contribution in [0.2, 0.25) is 0 Å². The smallest absolute Gasteiger partial charge is 0.249 e. The molecular weight excluding hydrogens is 508 g/mol. The van der Waals surface area contributed by atoms with Crippen molar-refractivity contribution in [3.8, 4) is 22.8 Å². The van der Waals surface area contributed by atoms with Crippen LogP contribution in [0.1, 0.15) is 47.9 Å². The minimum atomic E-state index is -0.643. The second kappa shape index (κ2) is 11.2. The number of Topliss-reactive ketones (excluding diaryl/α,β-unsaturated/α-hetero) is 1. The number of benzene rings is 2. The lowest BCUT2D eigenvalue weighted by atomic mass is 9.75. The summed E-state index contributed by atoms with van der Waals surface area (Å²) in [4.78, 5) is 43.5. The Balaban J connectivity index is 1.55. The number of nitrogens with one attached hydrogen (secondary N) is 1. The molecule has 1 amide bonds. The van der Waals surface area contributed by atoms with E-state index in [-0.39, 0.29) is 11.7 Å². The van der Waals surface area contributed by atoms with Crippen LogP contribution in [0.3, 0.4) is 0 Å². The van der Waals surface area contributed by atoms with Crippen LogP contribution in [0, 0.1) is 5.92 Å². The van der Waals surface area contributed by atoms with E-state index in [4.69, 9.17) is 18.9 Å². The molecule has 8 nitrogen and oxygen atoms in total. The summed E-state index contributed by atoms with van der Waals surface area (Å²) < 4.78 is 17.0. The van der Waals surface area contributed by atoms with Gasteiger partial charge in [0.2, 0.25) is 5.91 Å². The van der Waals surface area contributed by atoms with Gasteiger partial charge in [0, 0.05) is 52.6 Å². The molecule has 1 N–H and O–H groups in total. The fourth-order valence-corrected chi connectivity index (χ4v) is 5.52. The molecule has 204 valence electrons. The number of allylic oxidation sites excluding steroid dienone is 2. The van der Waals surface area contributed by atoms with Gasteiger partial charge in [0.25, 0.3) is 0 Å². The zero-order valence-electron chi connectivity index (χ0n) is 22.8. The summed E-state index contributed by atoms with van der Waals surface area (Å²) in [5, 5.41) is 2.88. The predicted octanol–water partition coefficient (Wildman–Crippen LogP) is 5.40. The first-order valence-electron chi connectivity index (χ1n) is 13.1. The lowest BCUT2D eigenvalue weighted by Gasteiger charge is -2.30. The van der Waals surface area contributed by atoms with Gasteiger partial charge < -0.3 is 19.2 Å². The van der Waals surface area contributed by atoms with E-state index in [0.717, 1.165) is 11.8 Å². The summed E-state index contributed by atoms with van der Waals surface area (Å²) in [6.07, 6.45) is 2.85. The number of nitrogens with zero attached hydrogens (tertiary/aromatic N) is 1. The first-order chi connectivity index (χ1) is 19.4. The van der Waals surface area contributed by atoms with Crippen LogP contribution in [-0.4, -0.2) is 44.5 Å². The summed E-state index contributed by atoms with van der Waals surface area (Å²) in [6.45, 7) is 4.10. The monoisotopic (exact) mass is 538 g/mol. The standard InChI is InChI=1S/C32H30N2O6/c1-5-33-32(37)28-18(2)34-24-15-21(14-22-11-13-25(40-22)23-9-7-6-8-20(23)17-35)31(36)30(24)29(28)19-10-12-26(38-3)27(16-19)39-4/h6-14,16-17,29-30H,5,15H2,1-4H3,(H,33,37)/b21-14+. The SMILES string of the molecule is CCNC(=O)C1=C(C)N=C2C/C(=C\c3ccc(-c4ccccc4C=O)o3)C(=O)C2C1c1ccc(OC)c(OC)c1. The normalized spacial score (nSPS) is 19.4. The zero-order valence-corrected chi connectivity index (χ0v) is 22.8. The number of carbonyl (C=O) groups excluding carboxylic acids is 3. The molecule has 2 unspecified atom stereocenters. The van der Waals surface area contributed by atoms with E-state index in [9.17, 15) is 14.4 Å². The molecule has 1 aliphatic heterocycles. The van der Waals surface area contributed by atoms with Gasteiger partial charge in [-0.15, -0.1) is 0 Å². The molecule has 2 atom stereocenters. The first kappa shape index (κ1) is 26.9. The van der Waals surface area contributed by atoms with Gasteiger partial charge in [0.1, 0.15) is 11.5 Å². The number of likely N-dealkylation sites (N-methyl/N-ethyl adjacent to an activating group) is 1. The van der Waals surface area contributed by atoms with Crippen LogP contribution in [0.15, 0.2) is 80.9 Å². The fraction of sp³-hybridized carbons (Fsp3) is 0.250. The number of ether oxygens (including phenoxy) is 2. The molecule has 0 saturated heterocycles. The second-order valence-electron chi connectivity index (χ2n) is 9.65. The third-order valence-corrected chi connectivity index (χ3v) is 7.32. The van der Waals surface area contributed by atoms with Gasteiger partial charge in [-0.25, -0.2) is 0 Å². The van der Waals surface area contributed by atoms with Gasteiger partial charge in [0.05, 0.1) is 20.1 Å². The molecule has 5 rings (SSSR count). The fourth-order valence-electron chi connectivity index (χ4n) is 5.52. The van der Waals surface area contributed by atoms with Gasteiger partial charge in [-0.2, -0.15) is 0 Å². The summed E-state index contributed by atoms with van der Waals surface area (Å²) in [5.74, 6) is 0.538.